The van der Waals surface area contributed by atoms with Crippen molar-refractivity contribution in [2.75, 3.05) is 0 Å². The summed E-state index contributed by atoms with van der Waals surface area (Å²) in [5, 5.41) is 1.40. The van der Waals surface area contributed by atoms with Crippen LogP contribution >= 0.6 is 15.9 Å². The number of aromatic amines is 1. The number of hydrogen-bond donors (Lipinski definition) is 1. The van der Waals surface area contributed by atoms with E-state index in [4.69, 9.17) is 0 Å². The Balaban J connectivity index is 1.98. The molecule has 2 heteroatoms. The van der Waals surface area contributed by atoms with Gasteiger partial charge in [-0.3, -0.25) is 0 Å². The molecule has 0 saturated heterocycles. The first-order chi connectivity index (χ1) is 8.25. The highest BCUT2D eigenvalue weighted by atomic mass is 79.9. The van der Waals surface area contributed by atoms with Gasteiger partial charge in [0.25, 0.3) is 0 Å². The van der Waals surface area contributed by atoms with Gasteiger partial charge in [-0.25, -0.2) is 0 Å². The maximum absolute atomic E-state index is 3.61. The Labute approximate surface area is 111 Å². The highest BCUT2D eigenvalue weighted by molar-refractivity contribution is 9.10. The number of H-pyrrole nitrogens is 1. The molecular weight excluding hydrogens is 274 g/mol. The molecule has 0 spiro atoms. The SMILES string of the molecule is CC1CCC(c2c[nH]c3c(Br)cccc23)CC1. The molecule has 17 heavy (non-hydrogen) atoms. The third-order valence-corrected chi connectivity index (χ3v) is 4.81. The Morgan fingerprint density at radius 3 is 2.71 bits per heavy atom. The van der Waals surface area contributed by atoms with Crippen LogP contribution in [0.5, 0.6) is 0 Å². The smallest absolute Gasteiger partial charge is 0.0601 e. The van der Waals surface area contributed by atoms with Crippen molar-refractivity contribution in [2.24, 2.45) is 5.92 Å². The van der Waals surface area contributed by atoms with E-state index in [2.05, 4.69) is 52.2 Å². The first-order valence-corrected chi connectivity index (χ1v) is 7.30. The lowest BCUT2D eigenvalue weighted by Crippen LogP contribution is -2.10. The summed E-state index contributed by atoms with van der Waals surface area (Å²) in [4.78, 5) is 3.42. The lowest BCUT2D eigenvalue weighted by atomic mass is 9.79. The molecule has 0 aliphatic heterocycles. The van der Waals surface area contributed by atoms with Gasteiger partial charge in [0.2, 0.25) is 0 Å². The van der Waals surface area contributed by atoms with Crippen molar-refractivity contribution in [3.63, 3.8) is 0 Å². The summed E-state index contributed by atoms with van der Waals surface area (Å²) < 4.78 is 1.17. The molecule has 0 radical (unpaired) electrons. The van der Waals surface area contributed by atoms with Gasteiger partial charge in [-0.2, -0.15) is 0 Å². The van der Waals surface area contributed by atoms with Crippen LogP contribution in [0.15, 0.2) is 28.9 Å². The molecule has 0 amide bonds. The van der Waals surface area contributed by atoms with E-state index in [1.807, 2.05) is 0 Å². The van der Waals surface area contributed by atoms with Crippen LogP contribution in [0, 0.1) is 5.92 Å². The summed E-state index contributed by atoms with van der Waals surface area (Å²) in [6.07, 6.45) is 7.67. The molecular formula is C15H18BrN. The second kappa shape index (κ2) is 4.49. The minimum atomic E-state index is 0.759. The minimum Gasteiger partial charge on any atom is -0.360 e. The van der Waals surface area contributed by atoms with Crippen LogP contribution in [0.1, 0.15) is 44.1 Å². The summed E-state index contributed by atoms with van der Waals surface area (Å²) in [7, 11) is 0. The number of para-hydroxylation sites is 1. The van der Waals surface area contributed by atoms with Crippen molar-refractivity contribution in [3.8, 4) is 0 Å². The first kappa shape index (κ1) is 11.3. The number of fused-ring (bicyclic) bond motifs is 1. The Kier molecular flexibility index (Phi) is 2.99. The minimum absolute atomic E-state index is 0.759. The fourth-order valence-electron chi connectivity index (χ4n) is 3.05. The quantitative estimate of drug-likeness (QED) is 0.741. The monoisotopic (exact) mass is 291 g/mol. The lowest BCUT2D eigenvalue weighted by Gasteiger charge is -2.25. The number of benzene rings is 1. The van der Waals surface area contributed by atoms with Crippen molar-refractivity contribution in [2.45, 2.75) is 38.5 Å². The molecule has 0 unspecified atom stereocenters. The molecule has 1 heterocycles. The molecule has 1 fully saturated rings. The Bertz CT molecular complexity index is 521. The molecule has 1 aromatic heterocycles. The number of halogens is 1. The maximum atomic E-state index is 3.61. The Morgan fingerprint density at radius 2 is 1.94 bits per heavy atom. The van der Waals surface area contributed by atoms with E-state index in [0.29, 0.717) is 0 Å². The fourth-order valence-corrected chi connectivity index (χ4v) is 3.53. The summed E-state index contributed by atoms with van der Waals surface area (Å²) >= 11 is 3.61. The zero-order chi connectivity index (χ0) is 11.8. The van der Waals surface area contributed by atoms with Gasteiger partial charge in [-0.1, -0.05) is 31.9 Å². The van der Waals surface area contributed by atoms with Crippen molar-refractivity contribution >= 4 is 26.8 Å². The predicted molar refractivity (Wildman–Crippen MR) is 76.4 cm³/mol. The number of nitrogens with one attached hydrogen (secondary N) is 1. The predicted octanol–water partition coefficient (Wildman–Crippen LogP) is 5.22. The third-order valence-electron chi connectivity index (χ3n) is 4.15. The van der Waals surface area contributed by atoms with E-state index in [0.717, 1.165) is 11.8 Å². The largest absolute Gasteiger partial charge is 0.360 e. The van der Waals surface area contributed by atoms with Crippen LogP contribution in [-0.4, -0.2) is 4.98 Å². The van der Waals surface area contributed by atoms with Gasteiger partial charge < -0.3 is 4.98 Å². The van der Waals surface area contributed by atoms with Crippen LogP contribution in [-0.2, 0) is 0 Å². The van der Waals surface area contributed by atoms with Gasteiger partial charge >= 0.3 is 0 Å². The van der Waals surface area contributed by atoms with E-state index < -0.39 is 0 Å². The van der Waals surface area contributed by atoms with Gasteiger partial charge in [-0.15, -0.1) is 0 Å². The molecule has 1 nitrogen and oxygen atoms in total. The van der Waals surface area contributed by atoms with Crippen LogP contribution in [0.3, 0.4) is 0 Å². The molecule has 1 aliphatic rings. The van der Waals surface area contributed by atoms with Crippen molar-refractivity contribution < 1.29 is 0 Å². The Morgan fingerprint density at radius 1 is 1.18 bits per heavy atom. The van der Waals surface area contributed by atoms with E-state index in [1.165, 1.54) is 46.6 Å². The zero-order valence-electron chi connectivity index (χ0n) is 10.2. The number of rotatable bonds is 1. The summed E-state index contributed by atoms with van der Waals surface area (Å²) in [6.45, 7) is 2.38. The normalized spacial score (nSPS) is 25.3. The molecule has 90 valence electrons. The Hall–Kier alpha value is -0.760. The van der Waals surface area contributed by atoms with Crippen molar-refractivity contribution in [1.29, 1.82) is 0 Å². The van der Waals surface area contributed by atoms with E-state index in [9.17, 15) is 0 Å². The summed E-state index contributed by atoms with van der Waals surface area (Å²) in [6, 6.07) is 6.48. The topological polar surface area (TPSA) is 15.8 Å². The first-order valence-electron chi connectivity index (χ1n) is 6.51. The highest BCUT2D eigenvalue weighted by Crippen LogP contribution is 2.39. The van der Waals surface area contributed by atoms with Crippen LogP contribution < -0.4 is 0 Å². The third kappa shape index (κ3) is 2.03. The second-order valence-corrected chi connectivity index (χ2v) is 6.22. The van der Waals surface area contributed by atoms with Crippen LogP contribution in [0.4, 0.5) is 0 Å². The van der Waals surface area contributed by atoms with Gasteiger partial charge in [0.05, 0.1) is 5.52 Å². The van der Waals surface area contributed by atoms with Gasteiger partial charge in [0.1, 0.15) is 0 Å². The summed E-state index contributed by atoms with van der Waals surface area (Å²) in [5.74, 6) is 1.68. The molecule has 2 aromatic rings. The number of hydrogen-bond acceptors (Lipinski definition) is 0. The molecule has 0 bridgehead atoms. The average molecular weight is 292 g/mol. The van der Waals surface area contributed by atoms with E-state index in [1.54, 1.807) is 0 Å². The molecule has 1 aromatic carbocycles. The highest BCUT2D eigenvalue weighted by Gasteiger charge is 2.22. The standard InChI is InChI=1S/C15H18BrN/c1-10-5-7-11(8-6-10)13-9-17-15-12(13)3-2-4-14(15)16/h2-4,9-11,17H,5-8H2,1H3. The zero-order valence-corrected chi connectivity index (χ0v) is 11.8. The van der Waals surface area contributed by atoms with E-state index in [-0.39, 0.29) is 0 Å². The second-order valence-electron chi connectivity index (χ2n) is 5.36. The lowest BCUT2D eigenvalue weighted by molar-refractivity contribution is 0.349. The van der Waals surface area contributed by atoms with Gasteiger partial charge in [0.15, 0.2) is 0 Å². The van der Waals surface area contributed by atoms with Crippen LogP contribution in [0.2, 0.25) is 0 Å². The molecule has 1 saturated carbocycles. The number of aromatic nitrogens is 1. The van der Waals surface area contributed by atoms with Crippen LogP contribution in [0.25, 0.3) is 10.9 Å². The molecule has 1 N–H and O–H groups in total. The molecule has 0 atom stereocenters. The molecule has 3 rings (SSSR count). The van der Waals surface area contributed by atoms with Crippen molar-refractivity contribution in [3.05, 3.63) is 34.4 Å². The fraction of sp³-hybridized carbons (Fsp3) is 0.467. The average Bonchev–Trinajstić information content (AvgIpc) is 2.75. The van der Waals surface area contributed by atoms with Gasteiger partial charge in [0, 0.05) is 16.1 Å². The summed E-state index contributed by atoms with van der Waals surface area (Å²) in [5.41, 5.74) is 2.77. The van der Waals surface area contributed by atoms with Crippen molar-refractivity contribution in [1.82, 2.24) is 4.98 Å². The van der Waals surface area contributed by atoms with Gasteiger partial charge in [-0.05, 0) is 52.2 Å². The van der Waals surface area contributed by atoms with E-state index >= 15 is 0 Å². The maximum Gasteiger partial charge on any atom is 0.0601 e. The molecule has 1 aliphatic carbocycles.